The lowest BCUT2D eigenvalue weighted by Crippen LogP contribution is -2.41. The molecule has 14 heavy (non-hydrogen) atoms. The Morgan fingerprint density at radius 1 is 1.64 bits per heavy atom. The largest absolute Gasteiger partial charge is 0.393 e. The van der Waals surface area contributed by atoms with E-state index < -0.39 is 5.79 Å². The van der Waals surface area contributed by atoms with Gasteiger partial charge < -0.3 is 14.6 Å². The van der Waals surface area contributed by atoms with Gasteiger partial charge in [0.05, 0.1) is 12.7 Å². The summed E-state index contributed by atoms with van der Waals surface area (Å²) in [6.07, 6.45) is 7.04. The molecule has 1 saturated heterocycles. The van der Waals surface area contributed by atoms with Crippen molar-refractivity contribution in [2.24, 2.45) is 0 Å². The molecule has 1 N–H and O–H groups in total. The minimum Gasteiger partial charge on any atom is -0.393 e. The van der Waals surface area contributed by atoms with Crippen molar-refractivity contribution in [3.05, 3.63) is 12.2 Å². The van der Waals surface area contributed by atoms with Gasteiger partial charge in [-0.15, -0.1) is 0 Å². The number of hydrogen-bond donors (Lipinski definition) is 1. The van der Waals surface area contributed by atoms with Crippen LogP contribution in [0.3, 0.4) is 0 Å². The molecule has 0 radical (unpaired) electrons. The summed E-state index contributed by atoms with van der Waals surface area (Å²) in [6.45, 7) is 2.69. The number of allylic oxidation sites excluding steroid dienone is 1. The Hall–Kier alpha value is -0.380. The molecule has 0 unspecified atom stereocenters. The zero-order valence-corrected chi connectivity index (χ0v) is 9.03. The molecule has 3 heteroatoms. The molecule has 0 amide bonds. The van der Waals surface area contributed by atoms with E-state index >= 15 is 0 Å². The predicted molar refractivity (Wildman–Crippen MR) is 55.0 cm³/mol. The van der Waals surface area contributed by atoms with E-state index in [-0.39, 0.29) is 6.10 Å². The minimum absolute atomic E-state index is 0.310. The molecular weight excluding hydrogens is 180 g/mol. The van der Waals surface area contributed by atoms with Gasteiger partial charge in [0.2, 0.25) is 0 Å². The number of unbranched alkanes of at least 4 members (excludes halogenated alkanes) is 1. The highest BCUT2D eigenvalue weighted by Crippen LogP contribution is 2.27. The van der Waals surface area contributed by atoms with Gasteiger partial charge >= 0.3 is 0 Å². The molecule has 3 nitrogen and oxygen atoms in total. The maximum atomic E-state index is 9.54. The Labute approximate surface area is 85.7 Å². The van der Waals surface area contributed by atoms with Crippen molar-refractivity contribution < 1.29 is 14.6 Å². The van der Waals surface area contributed by atoms with E-state index in [1.165, 1.54) is 0 Å². The van der Waals surface area contributed by atoms with Crippen LogP contribution in [0.4, 0.5) is 0 Å². The summed E-state index contributed by atoms with van der Waals surface area (Å²) in [4.78, 5) is 0. The number of ether oxygens (including phenoxy) is 2. The van der Waals surface area contributed by atoms with Gasteiger partial charge in [-0.1, -0.05) is 19.4 Å². The highest BCUT2D eigenvalue weighted by molar-refractivity contribution is 4.99. The molecule has 1 rings (SSSR count). The lowest BCUT2D eigenvalue weighted by atomic mass is 10.0. The zero-order chi connectivity index (χ0) is 10.4. The first-order valence-corrected chi connectivity index (χ1v) is 5.27. The molecule has 0 spiro atoms. The van der Waals surface area contributed by atoms with Gasteiger partial charge in [0.25, 0.3) is 0 Å². The first kappa shape index (κ1) is 11.7. The van der Waals surface area contributed by atoms with Gasteiger partial charge in [-0.25, -0.2) is 0 Å². The van der Waals surface area contributed by atoms with E-state index in [0.717, 1.165) is 12.8 Å². The van der Waals surface area contributed by atoms with Crippen molar-refractivity contribution in [1.82, 2.24) is 0 Å². The van der Waals surface area contributed by atoms with Gasteiger partial charge in [-0.2, -0.15) is 0 Å². The summed E-state index contributed by atoms with van der Waals surface area (Å²) >= 11 is 0. The van der Waals surface area contributed by atoms with Gasteiger partial charge in [-0.05, 0) is 18.9 Å². The summed E-state index contributed by atoms with van der Waals surface area (Å²) < 4.78 is 10.9. The first-order valence-electron chi connectivity index (χ1n) is 5.27. The fourth-order valence-corrected chi connectivity index (χ4v) is 1.61. The normalized spacial score (nSPS) is 33.8. The molecule has 1 fully saturated rings. The van der Waals surface area contributed by atoms with E-state index in [0.29, 0.717) is 19.4 Å². The van der Waals surface area contributed by atoms with E-state index in [9.17, 15) is 5.11 Å². The highest BCUT2D eigenvalue weighted by Gasteiger charge is 2.34. The average molecular weight is 200 g/mol. The van der Waals surface area contributed by atoms with Crippen LogP contribution in [0, 0.1) is 0 Å². The Morgan fingerprint density at radius 3 is 3.00 bits per heavy atom. The van der Waals surface area contributed by atoms with Crippen LogP contribution in [-0.4, -0.2) is 30.7 Å². The Kier molecular flexibility index (Phi) is 4.58. The van der Waals surface area contributed by atoms with Gasteiger partial charge in [0, 0.05) is 13.5 Å². The molecule has 0 aromatic carbocycles. The third kappa shape index (κ3) is 3.08. The molecule has 2 atom stereocenters. The minimum atomic E-state index is -0.688. The lowest BCUT2D eigenvalue weighted by molar-refractivity contribution is -0.228. The number of rotatable bonds is 4. The van der Waals surface area contributed by atoms with Crippen molar-refractivity contribution in [3.63, 3.8) is 0 Å². The van der Waals surface area contributed by atoms with E-state index in [1.54, 1.807) is 7.11 Å². The number of methoxy groups -OCH3 is 1. The SMILES string of the molecule is CCCC=C[C@]1(OC)C[C@H](O)CCO1. The molecule has 82 valence electrons. The fourth-order valence-electron chi connectivity index (χ4n) is 1.61. The van der Waals surface area contributed by atoms with Crippen LogP contribution in [-0.2, 0) is 9.47 Å². The van der Waals surface area contributed by atoms with E-state index in [2.05, 4.69) is 13.0 Å². The second kappa shape index (κ2) is 5.49. The van der Waals surface area contributed by atoms with Crippen molar-refractivity contribution in [3.8, 4) is 0 Å². The van der Waals surface area contributed by atoms with Crippen molar-refractivity contribution in [1.29, 1.82) is 0 Å². The maximum absolute atomic E-state index is 9.54. The highest BCUT2D eigenvalue weighted by atomic mass is 16.7. The summed E-state index contributed by atoms with van der Waals surface area (Å²) in [5, 5.41) is 9.54. The maximum Gasteiger partial charge on any atom is 0.189 e. The Bertz CT molecular complexity index is 191. The average Bonchev–Trinajstić information content (AvgIpc) is 2.18. The van der Waals surface area contributed by atoms with Gasteiger partial charge in [0.15, 0.2) is 5.79 Å². The molecular formula is C11H20O3. The molecule has 0 aromatic rings. The lowest BCUT2D eigenvalue weighted by Gasteiger charge is -2.35. The fraction of sp³-hybridized carbons (Fsp3) is 0.818. The summed E-state index contributed by atoms with van der Waals surface area (Å²) in [7, 11) is 1.62. The van der Waals surface area contributed by atoms with Crippen LogP contribution >= 0.6 is 0 Å². The van der Waals surface area contributed by atoms with Crippen LogP contribution in [0.25, 0.3) is 0 Å². The van der Waals surface area contributed by atoms with Crippen LogP contribution in [0.1, 0.15) is 32.6 Å². The van der Waals surface area contributed by atoms with Crippen LogP contribution in [0.15, 0.2) is 12.2 Å². The number of aliphatic hydroxyl groups is 1. The van der Waals surface area contributed by atoms with Crippen molar-refractivity contribution >= 4 is 0 Å². The summed E-state index contributed by atoms with van der Waals surface area (Å²) in [6, 6.07) is 0. The third-order valence-corrected chi connectivity index (χ3v) is 2.49. The van der Waals surface area contributed by atoms with E-state index in [4.69, 9.17) is 9.47 Å². The zero-order valence-electron chi connectivity index (χ0n) is 9.03. The second-order valence-corrected chi connectivity index (χ2v) is 3.70. The molecule has 1 heterocycles. The number of hydrogen-bond acceptors (Lipinski definition) is 3. The monoisotopic (exact) mass is 200 g/mol. The topological polar surface area (TPSA) is 38.7 Å². The summed E-state index contributed by atoms with van der Waals surface area (Å²) in [5.41, 5.74) is 0. The second-order valence-electron chi connectivity index (χ2n) is 3.70. The molecule has 0 bridgehead atoms. The van der Waals surface area contributed by atoms with Crippen molar-refractivity contribution in [2.45, 2.75) is 44.5 Å². The first-order chi connectivity index (χ1) is 6.72. The third-order valence-electron chi connectivity index (χ3n) is 2.49. The predicted octanol–water partition coefficient (Wildman–Crippen LogP) is 1.86. The molecule has 0 saturated carbocycles. The smallest absolute Gasteiger partial charge is 0.189 e. The van der Waals surface area contributed by atoms with Gasteiger partial charge in [0.1, 0.15) is 0 Å². The molecule has 1 aliphatic heterocycles. The molecule has 0 aromatic heterocycles. The molecule has 1 aliphatic rings. The Morgan fingerprint density at radius 2 is 2.43 bits per heavy atom. The van der Waals surface area contributed by atoms with E-state index in [1.807, 2.05) is 6.08 Å². The number of aliphatic hydroxyl groups excluding tert-OH is 1. The van der Waals surface area contributed by atoms with Crippen molar-refractivity contribution in [2.75, 3.05) is 13.7 Å². The van der Waals surface area contributed by atoms with Gasteiger partial charge in [-0.3, -0.25) is 0 Å². The quantitative estimate of drug-likeness (QED) is 0.704. The Balaban J connectivity index is 2.55. The standard InChI is InChI=1S/C11H20O3/c1-3-4-5-7-11(13-2)9-10(12)6-8-14-11/h5,7,10,12H,3-4,6,8-9H2,1-2H3/t10-,11-/m1/s1. The van der Waals surface area contributed by atoms with Crippen LogP contribution in [0.5, 0.6) is 0 Å². The molecule has 0 aliphatic carbocycles. The van der Waals surface area contributed by atoms with Crippen LogP contribution < -0.4 is 0 Å². The van der Waals surface area contributed by atoms with Crippen LogP contribution in [0.2, 0.25) is 0 Å². The summed E-state index contributed by atoms with van der Waals surface area (Å²) in [5.74, 6) is -0.688.